The fourth-order valence-corrected chi connectivity index (χ4v) is 5.04. The number of carboxylic acid groups (broad SMARTS) is 1. The van der Waals surface area contributed by atoms with Crippen molar-refractivity contribution in [1.82, 2.24) is 9.13 Å². The molecule has 1 heterocycles. The summed E-state index contributed by atoms with van der Waals surface area (Å²) in [5.41, 5.74) is 2.83. The van der Waals surface area contributed by atoms with Crippen LogP contribution in [0.5, 0.6) is 0 Å². The number of hydrogen-bond acceptors (Lipinski definition) is 3. The highest BCUT2D eigenvalue weighted by atomic mass is 16.4. The van der Waals surface area contributed by atoms with E-state index in [9.17, 15) is 19.5 Å². The Hall–Kier alpha value is -3.41. The standard InChI is InChI=1S/C29H34N2O4/c1-29(2,3)25-19-31(26(32)17-20-9-5-4-6-10-20)28(35)30(25)18-21-13-15-22(16-14-21)23-11-7-8-12-24(23)27(33)34/h7-8,11-16,19-20H,4-6,9-10,17-18H2,1-3H3,(H,33,34). The maximum Gasteiger partial charge on any atom is 0.336 e. The number of carboxylic acids is 1. The lowest BCUT2D eigenvalue weighted by Gasteiger charge is -2.20. The summed E-state index contributed by atoms with van der Waals surface area (Å²) in [6, 6.07) is 14.5. The van der Waals surface area contributed by atoms with Gasteiger partial charge >= 0.3 is 11.7 Å². The van der Waals surface area contributed by atoms with Crippen LogP contribution in [-0.2, 0) is 12.0 Å². The van der Waals surface area contributed by atoms with Crippen molar-refractivity contribution in [3.05, 3.63) is 82.0 Å². The second-order valence-corrected chi connectivity index (χ2v) is 10.7. The Bertz CT molecular complexity index is 1270. The summed E-state index contributed by atoms with van der Waals surface area (Å²) in [5.74, 6) is -0.720. The highest BCUT2D eigenvalue weighted by Gasteiger charge is 2.26. The third-order valence-corrected chi connectivity index (χ3v) is 6.97. The Morgan fingerprint density at radius 3 is 2.26 bits per heavy atom. The molecular formula is C29H34N2O4. The van der Waals surface area contributed by atoms with Crippen molar-refractivity contribution >= 4 is 11.9 Å². The van der Waals surface area contributed by atoms with Gasteiger partial charge in [-0.15, -0.1) is 0 Å². The number of aromatic carboxylic acids is 1. The van der Waals surface area contributed by atoms with Gasteiger partial charge in [0, 0.05) is 23.7 Å². The lowest BCUT2D eigenvalue weighted by atomic mass is 9.87. The highest BCUT2D eigenvalue weighted by Crippen LogP contribution is 2.28. The zero-order valence-electron chi connectivity index (χ0n) is 20.8. The Morgan fingerprint density at radius 1 is 0.971 bits per heavy atom. The van der Waals surface area contributed by atoms with Crippen molar-refractivity contribution in [2.45, 2.75) is 71.3 Å². The van der Waals surface area contributed by atoms with E-state index >= 15 is 0 Å². The molecule has 35 heavy (non-hydrogen) atoms. The van der Waals surface area contributed by atoms with Gasteiger partial charge in [-0.3, -0.25) is 9.36 Å². The number of rotatable bonds is 6. The lowest BCUT2D eigenvalue weighted by Crippen LogP contribution is -2.31. The summed E-state index contributed by atoms with van der Waals surface area (Å²) in [6.07, 6.45) is 7.82. The van der Waals surface area contributed by atoms with Crippen molar-refractivity contribution in [3.63, 3.8) is 0 Å². The average molecular weight is 475 g/mol. The third-order valence-electron chi connectivity index (χ3n) is 6.97. The van der Waals surface area contributed by atoms with Crippen molar-refractivity contribution in [2.24, 2.45) is 5.92 Å². The summed E-state index contributed by atoms with van der Waals surface area (Å²) in [7, 11) is 0. The summed E-state index contributed by atoms with van der Waals surface area (Å²) in [4.78, 5) is 38.0. The normalized spacial score (nSPS) is 14.7. The molecular weight excluding hydrogens is 440 g/mol. The van der Waals surface area contributed by atoms with Crippen LogP contribution in [0.4, 0.5) is 0 Å². The summed E-state index contributed by atoms with van der Waals surface area (Å²) < 4.78 is 3.01. The number of carbonyl (C=O) groups excluding carboxylic acids is 1. The van der Waals surface area contributed by atoms with E-state index in [1.54, 1.807) is 29.0 Å². The van der Waals surface area contributed by atoms with E-state index in [-0.39, 0.29) is 22.6 Å². The van der Waals surface area contributed by atoms with Crippen LogP contribution in [0.15, 0.2) is 59.5 Å². The fraction of sp³-hybridized carbons (Fsp3) is 0.414. The predicted molar refractivity (Wildman–Crippen MR) is 137 cm³/mol. The molecule has 0 spiro atoms. The van der Waals surface area contributed by atoms with Crippen LogP contribution in [0.25, 0.3) is 11.1 Å². The van der Waals surface area contributed by atoms with E-state index in [0.717, 1.165) is 42.5 Å². The minimum atomic E-state index is -0.967. The first-order valence-corrected chi connectivity index (χ1v) is 12.4. The van der Waals surface area contributed by atoms with Gasteiger partial charge < -0.3 is 5.11 Å². The molecule has 1 saturated carbocycles. The van der Waals surface area contributed by atoms with E-state index in [0.29, 0.717) is 24.4 Å². The molecule has 6 heteroatoms. The molecule has 1 fully saturated rings. The first-order valence-electron chi connectivity index (χ1n) is 12.4. The molecule has 4 rings (SSSR count). The first kappa shape index (κ1) is 24.7. The van der Waals surface area contributed by atoms with Gasteiger partial charge in [-0.25, -0.2) is 14.2 Å². The topological polar surface area (TPSA) is 81.3 Å². The number of imidazole rings is 1. The second-order valence-electron chi connectivity index (χ2n) is 10.7. The monoisotopic (exact) mass is 474 g/mol. The highest BCUT2D eigenvalue weighted by molar-refractivity contribution is 5.96. The van der Waals surface area contributed by atoms with E-state index in [1.807, 2.05) is 51.1 Å². The molecule has 184 valence electrons. The molecule has 1 aromatic heterocycles. The fourth-order valence-electron chi connectivity index (χ4n) is 5.04. The number of hydrogen-bond donors (Lipinski definition) is 1. The summed E-state index contributed by atoms with van der Waals surface area (Å²) in [6.45, 7) is 6.47. The van der Waals surface area contributed by atoms with Gasteiger partial charge in [0.1, 0.15) is 0 Å². The molecule has 0 unspecified atom stereocenters. The maximum absolute atomic E-state index is 13.4. The molecule has 1 aliphatic rings. The number of carbonyl (C=O) groups is 2. The Labute approximate surface area is 206 Å². The zero-order chi connectivity index (χ0) is 25.2. The minimum Gasteiger partial charge on any atom is -0.478 e. The number of benzene rings is 2. The minimum absolute atomic E-state index is 0.119. The molecule has 0 amide bonds. The van der Waals surface area contributed by atoms with E-state index in [4.69, 9.17) is 0 Å². The van der Waals surface area contributed by atoms with Crippen LogP contribution in [-0.4, -0.2) is 26.1 Å². The van der Waals surface area contributed by atoms with Gasteiger partial charge in [-0.2, -0.15) is 0 Å². The van der Waals surface area contributed by atoms with Crippen LogP contribution in [0, 0.1) is 5.92 Å². The van der Waals surface area contributed by atoms with Crippen molar-refractivity contribution in [3.8, 4) is 11.1 Å². The Morgan fingerprint density at radius 2 is 1.63 bits per heavy atom. The predicted octanol–water partition coefficient (Wildman–Crippen LogP) is 5.97. The van der Waals surface area contributed by atoms with Gasteiger partial charge in [0.05, 0.1) is 12.1 Å². The molecule has 1 N–H and O–H groups in total. The molecule has 0 aliphatic heterocycles. The molecule has 0 radical (unpaired) electrons. The molecule has 0 bridgehead atoms. The van der Waals surface area contributed by atoms with Crippen LogP contribution >= 0.6 is 0 Å². The first-order chi connectivity index (χ1) is 16.6. The van der Waals surface area contributed by atoms with Crippen LogP contribution in [0.2, 0.25) is 0 Å². The molecule has 0 atom stereocenters. The smallest absolute Gasteiger partial charge is 0.336 e. The van der Waals surface area contributed by atoms with Crippen molar-refractivity contribution < 1.29 is 14.7 Å². The maximum atomic E-state index is 13.4. The Kier molecular flexibility index (Phi) is 7.10. The van der Waals surface area contributed by atoms with Crippen LogP contribution in [0.1, 0.15) is 85.7 Å². The van der Waals surface area contributed by atoms with Gasteiger partial charge in [0.15, 0.2) is 0 Å². The summed E-state index contributed by atoms with van der Waals surface area (Å²) in [5, 5.41) is 9.50. The van der Waals surface area contributed by atoms with Crippen LogP contribution in [0.3, 0.4) is 0 Å². The van der Waals surface area contributed by atoms with Crippen molar-refractivity contribution in [2.75, 3.05) is 0 Å². The SMILES string of the molecule is CC(C)(C)c1cn(C(=O)CC2CCCCC2)c(=O)n1Cc1ccc(-c2ccccc2C(=O)O)cc1. The van der Waals surface area contributed by atoms with Crippen LogP contribution < -0.4 is 5.69 Å². The average Bonchev–Trinajstić information content (AvgIpc) is 3.17. The summed E-state index contributed by atoms with van der Waals surface area (Å²) >= 11 is 0. The lowest BCUT2D eigenvalue weighted by molar-refractivity contribution is 0.0697. The van der Waals surface area contributed by atoms with Crippen molar-refractivity contribution in [1.29, 1.82) is 0 Å². The van der Waals surface area contributed by atoms with Gasteiger partial charge in [-0.05, 0) is 41.5 Å². The van der Waals surface area contributed by atoms with E-state index in [2.05, 4.69) is 0 Å². The molecule has 1 aliphatic carbocycles. The molecule has 3 aromatic rings. The zero-order valence-corrected chi connectivity index (χ0v) is 20.8. The quantitative estimate of drug-likeness (QED) is 0.477. The molecule has 0 saturated heterocycles. The second kappa shape index (κ2) is 10.1. The molecule has 6 nitrogen and oxygen atoms in total. The number of nitrogens with zero attached hydrogens (tertiary/aromatic N) is 2. The van der Waals surface area contributed by atoms with Gasteiger partial charge in [0.25, 0.3) is 0 Å². The number of aromatic nitrogens is 2. The Balaban J connectivity index is 1.62. The van der Waals surface area contributed by atoms with E-state index in [1.165, 1.54) is 11.0 Å². The van der Waals surface area contributed by atoms with E-state index < -0.39 is 5.97 Å². The third kappa shape index (κ3) is 5.47. The largest absolute Gasteiger partial charge is 0.478 e. The van der Waals surface area contributed by atoms with Gasteiger partial charge in [0.2, 0.25) is 5.91 Å². The van der Waals surface area contributed by atoms with Gasteiger partial charge in [-0.1, -0.05) is 82.5 Å². The molecule has 2 aromatic carbocycles.